The summed E-state index contributed by atoms with van der Waals surface area (Å²) in [5, 5.41) is 10.0. The third kappa shape index (κ3) is 3.79. The maximum Gasteiger partial charge on any atom is 0.287 e. The summed E-state index contributed by atoms with van der Waals surface area (Å²) in [6, 6.07) is 16.7. The van der Waals surface area contributed by atoms with E-state index in [1.165, 1.54) is 23.7 Å². The Kier molecular flexibility index (Phi) is 4.90. The summed E-state index contributed by atoms with van der Waals surface area (Å²) < 4.78 is 5.02. The predicted octanol–water partition coefficient (Wildman–Crippen LogP) is 4.31. The lowest BCUT2D eigenvalue weighted by atomic mass is 10.1. The van der Waals surface area contributed by atoms with E-state index in [-0.39, 0.29) is 11.7 Å². The number of hydrogen-bond donors (Lipinski definition) is 2. The minimum absolute atomic E-state index is 0.160. The lowest BCUT2D eigenvalue weighted by molar-refractivity contribution is -0.117. The smallest absolute Gasteiger partial charge is 0.287 e. The van der Waals surface area contributed by atoms with Gasteiger partial charge in [0.15, 0.2) is 10.9 Å². The Hall–Kier alpha value is -3.45. The molecular formula is C21H17N3O3S. The Morgan fingerprint density at radius 3 is 2.68 bits per heavy atom. The van der Waals surface area contributed by atoms with Crippen LogP contribution in [0.15, 0.2) is 70.7 Å². The van der Waals surface area contributed by atoms with Crippen LogP contribution in [0, 0.1) is 0 Å². The van der Waals surface area contributed by atoms with E-state index in [1.54, 1.807) is 13.0 Å². The molecule has 0 aliphatic carbocycles. The molecule has 0 fully saturated rings. The number of carbonyl (C=O) groups excluding carboxylic acids is 2. The normalized spacial score (nSPS) is 11.9. The second kappa shape index (κ2) is 7.66. The average molecular weight is 391 g/mol. The highest BCUT2D eigenvalue weighted by Crippen LogP contribution is 2.27. The van der Waals surface area contributed by atoms with E-state index in [0.717, 1.165) is 22.0 Å². The molecule has 2 amide bonds. The van der Waals surface area contributed by atoms with Crippen molar-refractivity contribution < 1.29 is 14.0 Å². The van der Waals surface area contributed by atoms with Crippen LogP contribution in [0.3, 0.4) is 0 Å². The highest BCUT2D eigenvalue weighted by Gasteiger charge is 2.19. The first-order valence-corrected chi connectivity index (χ1v) is 9.58. The van der Waals surface area contributed by atoms with Gasteiger partial charge < -0.3 is 15.1 Å². The van der Waals surface area contributed by atoms with Gasteiger partial charge in [0.25, 0.3) is 5.91 Å². The number of carbonyl (C=O) groups is 2. The van der Waals surface area contributed by atoms with Gasteiger partial charge in [0.2, 0.25) is 5.91 Å². The highest BCUT2D eigenvalue weighted by molar-refractivity contribution is 7.14. The molecule has 0 unspecified atom stereocenters. The zero-order valence-corrected chi connectivity index (χ0v) is 15.8. The van der Waals surface area contributed by atoms with Crippen molar-refractivity contribution >= 4 is 39.1 Å². The Balaban J connectivity index is 1.43. The van der Waals surface area contributed by atoms with E-state index in [4.69, 9.17) is 4.42 Å². The molecule has 4 aromatic rings. The van der Waals surface area contributed by atoms with Gasteiger partial charge in [0.1, 0.15) is 6.04 Å². The number of nitrogens with zero attached hydrogens (tertiary/aromatic N) is 1. The molecule has 6 nitrogen and oxygen atoms in total. The van der Waals surface area contributed by atoms with Crippen LogP contribution in [0.4, 0.5) is 5.13 Å². The number of rotatable bonds is 5. The summed E-state index contributed by atoms with van der Waals surface area (Å²) in [4.78, 5) is 28.8. The molecule has 7 heteroatoms. The second-order valence-electron chi connectivity index (χ2n) is 6.26. The predicted molar refractivity (Wildman–Crippen MR) is 109 cm³/mol. The highest BCUT2D eigenvalue weighted by atomic mass is 32.1. The number of anilines is 1. The molecule has 0 aliphatic heterocycles. The fraction of sp³-hybridized carbons (Fsp3) is 0.0952. The maximum absolute atomic E-state index is 12.3. The number of fused-ring (bicyclic) bond motifs is 1. The van der Waals surface area contributed by atoms with Crippen LogP contribution in [0.1, 0.15) is 17.5 Å². The van der Waals surface area contributed by atoms with Crippen molar-refractivity contribution in [3.8, 4) is 11.3 Å². The van der Waals surface area contributed by atoms with Crippen molar-refractivity contribution in [3.05, 3.63) is 72.0 Å². The molecule has 0 saturated carbocycles. The van der Waals surface area contributed by atoms with E-state index >= 15 is 0 Å². The van der Waals surface area contributed by atoms with Crippen molar-refractivity contribution in [2.24, 2.45) is 0 Å². The molecular weight excluding hydrogens is 374 g/mol. The first kappa shape index (κ1) is 17.9. The molecule has 1 atom stereocenters. The maximum atomic E-state index is 12.3. The molecule has 2 N–H and O–H groups in total. The fourth-order valence-corrected chi connectivity index (χ4v) is 3.49. The number of amides is 2. The van der Waals surface area contributed by atoms with Gasteiger partial charge >= 0.3 is 0 Å². The first-order chi connectivity index (χ1) is 13.6. The Bertz CT molecular complexity index is 1130. The molecule has 0 saturated heterocycles. The first-order valence-electron chi connectivity index (χ1n) is 8.70. The quantitative estimate of drug-likeness (QED) is 0.531. The van der Waals surface area contributed by atoms with E-state index in [0.29, 0.717) is 5.13 Å². The third-order valence-corrected chi connectivity index (χ3v) is 5.02. The van der Waals surface area contributed by atoms with Crippen LogP contribution in [0.5, 0.6) is 0 Å². The zero-order valence-electron chi connectivity index (χ0n) is 15.0. The number of furan rings is 1. The molecule has 2 heterocycles. The SMILES string of the molecule is C[C@H](NC(=O)c1ccco1)C(=O)Nc1nc(-c2ccc3ccccc3c2)cs1. The van der Waals surface area contributed by atoms with E-state index in [2.05, 4.69) is 39.9 Å². The molecule has 140 valence electrons. The van der Waals surface area contributed by atoms with Gasteiger partial charge in [-0.1, -0.05) is 36.4 Å². The van der Waals surface area contributed by atoms with Crippen molar-refractivity contribution in [2.45, 2.75) is 13.0 Å². The number of benzene rings is 2. The summed E-state index contributed by atoms with van der Waals surface area (Å²) >= 11 is 1.34. The van der Waals surface area contributed by atoms with Crippen LogP contribution >= 0.6 is 11.3 Å². The molecule has 0 spiro atoms. The van der Waals surface area contributed by atoms with Crippen LogP contribution in [-0.2, 0) is 4.79 Å². The minimum atomic E-state index is -0.731. The van der Waals surface area contributed by atoms with Crippen LogP contribution in [0.25, 0.3) is 22.0 Å². The molecule has 2 aromatic carbocycles. The van der Waals surface area contributed by atoms with Crippen molar-refractivity contribution in [1.82, 2.24) is 10.3 Å². The van der Waals surface area contributed by atoms with Gasteiger partial charge in [0.05, 0.1) is 12.0 Å². The molecule has 0 radical (unpaired) electrons. The monoisotopic (exact) mass is 391 g/mol. The number of nitrogens with one attached hydrogen (secondary N) is 2. The number of aromatic nitrogens is 1. The van der Waals surface area contributed by atoms with Gasteiger partial charge in [0, 0.05) is 10.9 Å². The van der Waals surface area contributed by atoms with Crippen LogP contribution in [0.2, 0.25) is 0 Å². The van der Waals surface area contributed by atoms with Gasteiger partial charge in [-0.05, 0) is 35.9 Å². The standard InChI is InChI=1S/C21H17N3O3S/c1-13(22-20(26)18-7-4-10-27-18)19(25)24-21-23-17(12-28-21)16-9-8-14-5-2-3-6-15(14)11-16/h2-13H,1H3,(H,22,26)(H,23,24,25)/t13-/m0/s1. The molecule has 0 aliphatic rings. The van der Waals surface area contributed by atoms with Gasteiger partial charge in [-0.25, -0.2) is 4.98 Å². The lowest BCUT2D eigenvalue weighted by Crippen LogP contribution is -2.41. The topological polar surface area (TPSA) is 84.2 Å². The summed E-state index contributed by atoms with van der Waals surface area (Å²) in [5.41, 5.74) is 1.77. The Labute approximate surface area is 165 Å². The summed E-state index contributed by atoms with van der Waals surface area (Å²) in [7, 11) is 0. The summed E-state index contributed by atoms with van der Waals surface area (Å²) in [6.07, 6.45) is 1.41. The fourth-order valence-electron chi connectivity index (χ4n) is 2.77. The molecule has 2 aromatic heterocycles. The summed E-state index contributed by atoms with van der Waals surface area (Å²) in [6.45, 7) is 1.61. The molecule has 28 heavy (non-hydrogen) atoms. The van der Waals surface area contributed by atoms with Crippen molar-refractivity contribution in [3.63, 3.8) is 0 Å². The van der Waals surface area contributed by atoms with Gasteiger partial charge in [-0.2, -0.15) is 0 Å². The van der Waals surface area contributed by atoms with Gasteiger partial charge in [-0.15, -0.1) is 11.3 Å². The van der Waals surface area contributed by atoms with Crippen LogP contribution < -0.4 is 10.6 Å². The number of thiazole rings is 1. The van der Waals surface area contributed by atoms with E-state index in [9.17, 15) is 9.59 Å². The van der Waals surface area contributed by atoms with E-state index in [1.807, 2.05) is 23.6 Å². The van der Waals surface area contributed by atoms with Crippen molar-refractivity contribution in [1.29, 1.82) is 0 Å². The molecule has 4 rings (SSSR count). The van der Waals surface area contributed by atoms with Crippen molar-refractivity contribution in [2.75, 3.05) is 5.32 Å². The van der Waals surface area contributed by atoms with E-state index < -0.39 is 11.9 Å². The van der Waals surface area contributed by atoms with Crippen LogP contribution in [-0.4, -0.2) is 22.8 Å². The Morgan fingerprint density at radius 1 is 1.07 bits per heavy atom. The Morgan fingerprint density at radius 2 is 1.89 bits per heavy atom. The third-order valence-electron chi connectivity index (χ3n) is 4.27. The summed E-state index contributed by atoms with van der Waals surface area (Å²) in [5.74, 6) is -0.629. The molecule has 0 bridgehead atoms. The zero-order chi connectivity index (χ0) is 19.5. The van der Waals surface area contributed by atoms with Gasteiger partial charge in [-0.3, -0.25) is 9.59 Å². The average Bonchev–Trinajstić information content (AvgIpc) is 3.40. The lowest BCUT2D eigenvalue weighted by Gasteiger charge is -2.11. The second-order valence-corrected chi connectivity index (χ2v) is 7.12. The minimum Gasteiger partial charge on any atom is -0.459 e. The largest absolute Gasteiger partial charge is 0.459 e. The number of hydrogen-bond acceptors (Lipinski definition) is 5.